The van der Waals surface area contributed by atoms with Crippen LogP contribution in [-0.2, 0) is 11.3 Å². The fraction of sp³-hybridized carbons (Fsp3) is 0.316. The summed E-state index contributed by atoms with van der Waals surface area (Å²) >= 11 is 7.77. The van der Waals surface area contributed by atoms with Crippen molar-refractivity contribution in [2.75, 3.05) is 33.0 Å². The average molecular weight is 379 g/mol. The maximum Gasteiger partial charge on any atom is 0.234 e. The van der Waals surface area contributed by atoms with Gasteiger partial charge in [-0.2, -0.15) is 0 Å². The Balaban J connectivity index is 1.72. The van der Waals surface area contributed by atoms with Crippen LogP contribution in [0.3, 0.4) is 0 Å². The lowest BCUT2D eigenvalue weighted by molar-refractivity contribution is -0.121. The first-order valence-corrected chi connectivity index (χ1v) is 9.40. The number of thioether (sulfide) groups is 1. The van der Waals surface area contributed by atoms with E-state index in [1.807, 2.05) is 42.3 Å². The molecule has 0 fully saturated rings. The zero-order chi connectivity index (χ0) is 18.1. The normalized spacial score (nSPS) is 10.7. The van der Waals surface area contributed by atoms with Crippen LogP contribution in [0, 0.1) is 0 Å². The first kappa shape index (κ1) is 19.6. The maximum atomic E-state index is 12.1. The first-order chi connectivity index (χ1) is 12.1. The second-order valence-electron chi connectivity index (χ2n) is 5.64. The highest BCUT2D eigenvalue weighted by atomic mass is 35.5. The van der Waals surface area contributed by atoms with Gasteiger partial charge in [-0.25, -0.2) is 0 Å². The van der Waals surface area contributed by atoms with Gasteiger partial charge in [0.25, 0.3) is 0 Å². The lowest BCUT2D eigenvalue weighted by atomic mass is 10.2. The van der Waals surface area contributed by atoms with Gasteiger partial charge in [0.2, 0.25) is 5.91 Å². The summed E-state index contributed by atoms with van der Waals surface area (Å²) in [6, 6.07) is 15.7. The molecule has 0 saturated carbocycles. The summed E-state index contributed by atoms with van der Waals surface area (Å²) in [6.45, 7) is 1.56. The second-order valence-corrected chi connectivity index (χ2v) is 7.24. The van der Waals surface area contributed by atoms with E-state index in [1.54, 1.807) is 24.9 Å². The number of rotatable bonds is 9. The number of ether oxygens (including phenoxy) is 1. The van der Waals surface area contributed by atoms with Crippen LogP contribution < -0.4 is 10.1 Å². The molecule has 2 aromatic rings. The smallest absolute Gasteiger partial charge is 0.234 e. The zero-order valence-electron chi connectivity index (χ0n) is 14.5. The molecule has 0 spiro atoms. The number of carbonyl (C=O) groups excluding carboxylic acids is 1. The van der Waals surface area contributed by atoms with Gasteiger partial charge in [0.15, 0.2) is 0 Å². The summed E-state index contributed by atoms with van der Waals surface area (Å²) < 4.78 is 5.34. The van der Waals surface area contributed by atoms with Gasteiger partial charge >= 0.3 is 0 Å². The van der Waals surface area contributed by atoms with Crippen molar-refractivity contribution in [1.82, 2.24) is 10.2 Å². The fourth-order valence-corrected chi connectivity index (χ4v) is 3.38. The van der Waals surface area contributed by atoms with Crippen LogP contribution >= 0.6 is 23.4 Å². The highest BCUT2D eigenvalue weighted by Gasteiger charge is 2.10. The molecule has 0 radical (unpaired) electrons. The van der Waals surface area contributed by atoms with E-state index >= 15 is 0 Å². The number of hydrogen-bond donors (Lipinski definition) is 1. The standard InChI is InChI=1S/C19H23ClN2O2S/c1-22(13-15-12-16(20)8-9-18(15)24-2)14-19(23)21-10-11-25-17-6-4-3-5-7-17/h3-9,12H,10-11,13-14H2,1-2H3,(H,21,23). The molecule has 4 nitrogen and oxygen atoms in total. The van der Waals surface area contributed by atoms with E-state index < -0.39 is 0 Å². The van der Waals surface area contributed by atoms with E-state index in [1.165, 1.54) is 4.90 Å². The number of halogens is 1. The van der Waals surface area contributed by atoms with Crippen molar-refractivity contribution in [3.63, 3.8) is 0 Å². The van der Waals surface area contributed by atoms with Crippen LogP contribution in [0.4, 0.5) is 0 Å². The Labute approximate surface area is 158 Å². The van der Waals surface area contributed by atoms with Gasteiger partial charge in [0.05, 0.1) is 13.7 Å². The lowest BCUT2D eigenvalue weighted by Gasteiger charge is -2.18. The summed E-state index contributed by atoms with van der Waals surface area (Å²) in [7, 11) is 3.53. The Kier molecular flexibility index (Phi) is 8.12. The van der Waals surface area contributed by atoms with Crippen molar-refractivity contribution >= 4 is 29.3 Å². The summed E-state index contributed by atoms with van der Waals surface area (Å²) in [5.41, 5.74) is 0.963. The maximum absolute atomic E-state index is 12.1. The minimum Gasteiger partial charge on any atom is -0.496 e. The topological polar surface area (TPSA) is 41.6 Å². The molecule has 0 aliphatic carbocycles. The van der Waals surface area contributed by atoms with Crippen molar-refractivity contribution in [2.24, 2.45) is 0 Å². The molecule has 0 heterocycles. The molecule has 0 saturated heterocycles. The van der Waals surface area contributed by atoms with Crippen LogP contribution in [0.1, 0.15) is 5.56 Å². The number of methoxy groups -OCH3 is 1. The molecular weight excluding hydrogens is 356 g/mol. The van der Waals surface area contributed by atoms with E-state index in [2.05, 4.69) is 17.4 Å². The monoisotopic (exact) mass is 378 g/mol. The van der Waals surface area contributed by atoms with Crippen LogP contribution in [0.25, 0.3) is 0 Å². The number of carbonyl (C=O) groups is 1. The van der Waals surface area contributed by atoms with Crippen LogP contribution in [0.5, 0.6) is 5.75 Å². The van der Waals surface area contributed by atoms with Crippen molar-refractivity contribution in [3.05, 3.63) is 59.1 Å². The van der Waals surface area contributed by atoms with E-state index in [0.717, 1.165) is 17.1 Å². The van der Waals surface area contributed by atoms with E-state index in [4.69, 9.17) is 16.3 Å². The lowest BCUT2D eigenvalue weighted by Crippen LogP contribution is -2.35. The summed E-state index contributed by atoms with van der Waals surface area (Å²) in [6.07, 6.45) is 0. The molecule has 0 unspecified atom stereocenters. The quantitative estimate of drug-likeness (QED) is 0.533. The Bertz CT molecular complexity index is 682. The first-order valence-electron chi connectivity index (χ1n) is 8.04. The third-order valence-corrected chi connectivity index (χ3v) is 4.78. The Morgan fingerprint density at radius 3 is 2.72 bits per heavy atom. The fourth-order valence-electron chi connectivity index (χ4n) is 2.39. The van der Waals surface area contributed by atoms with Gasteiger partial charge in [-0.1, -0.05) is 29.8 Å². The summed E-state index contributed by atoms with van der Waals surface area (Å²) in [4.78, 5) is 15.2. The number of nitrogens with zero attached hydrogens (tertiary/aromatic N) is 1. The van der Waals surface area contributed by atoms with E-state index in [0.29, 0.717) is 24.7 Å². The molecule has 0 aliphatic rings. The van der Waals surface area contributed by atoms with Gasteiger partial charge in [-0.3, -0.25) is 9.69 Å². The van der Waals surface area contributed by atoms with Crippen LogP contribution in [0.2, 0.25) is 5.02 Å². The van der Waals surface area contributed by atoms with Crippen molar-refractivity contribution in [3.8, 4) is 5.75 Å². The molecule has 134 valence electrons. The number of hydrogen-bond acceptors (Lipinski definition) is 4. The third-order valence-electron chi connectivity index (χ3n) is 3.53. The Hall–Kier alpha value is -1.69. The highest BCUT2D eigenvalue weighted by Crippen LogP contribution is 2.23. The Morgan fingerprint density at radius 2 is 2.00 bits per heavy atom. The van der Waals surface area contributed by atoms with Gasteiger partial charge in [0, 0.05) is 34.3 Å². The van der Waals surface area contributed by atoms with E-state index in [9.17, 15) is 4.79 Å². The summed E-state index contributed by atoms with van der Waals surface area (Å²) in [5.74, 6) is 1.63. The second kappa shape index (κ2) is 10.3. The molecule has 0 atom stereocenters. The molecule has 1 N–H and O–H groups in total. The van der Waals surface area contributed by atoms with Crippen LogP contribution in [-0.4, -0.2) is 43.8 Å². The Morgan fingerprint density at radius 1 is 1.24 bits per heavy atom. The van der Waals surface area contributed by atoms with E-state index in [-0.39, 0.29) is 5.91 Å². The van der Waals surface area contributed by atoms with Gasteiger partial charge in [-0.15, -0.1) is 11.8 Å². The third kappa shape index (κ3) is 6.98. The van der Waals surface area contributed by atoms with Gasteiger partial charge < -0.3 is 10.1 Å². The number of amides is 1. The van der Waals surface area contributed by atoms with Crippen molar-refractivity contribution in [1.29, 1.82) is 0 Å². The van der Waals surface area contributed by atoms with Crippen molar-refractivity contribution < 1.29 is 9.53 Å². The predicted molar refractivity (Wildman–Crippen MR) is 105 cm³/mol. The van der Waals surface area contributed by atoms with Gasteiger partial charge in [-0.05, 0) is 37.4 Å². The van der Waals surface area contributed by atoms with Gasteiger partial charge in [0.1, 0.15) is 5.75 Å². The predicted octanol–water partition coefficient (Wildman–Crippen LogP) is 3.69. The SMILES string of the molecule is COc1ccc(Cl)cc1CN(C)CC(=O)NCCSc1ccccc1. The van der Waals surface area contributed by atoms with Crippen LogP contribution in [0.15, 0.2) is 53.4 Å². The summed E-state index contributed by atoms with van der Waals surface area (Å²) in [5, 5.41) is 3.61. The minimum absolute atomic E-state index is 0.0113. The number of benzene rings is 2. The molecule has 2 aromatic carbocycles. The molecule has 0 aromatic heterocycles. The molecule has 0 bridgehead atoms. The minimum atomic E-state index is 0.0113. The molecule has 1 amide bonds. The average Bonchev–Trinajstić information content (AvgIpc) is 2.60. The van der Waals surface area contributed by atoms with Crippen molar-refractivity contribution in [2.45, 2.75) is 11.4 Å². The molecular formula is C19H23ClN2O2S. The molecule has 2 rings (SSSR count). The molecule has 6 heteroatoms. The number of likely N-dealkylation sites (N-methyl/N-ethyl adjacent to an activating group) is 1. The zero-order valence-corrected chi connectivity index (χ0v) is 16.1. The largest absolute Gasteiger partial charge is 0.496 e. The molecule has 0 aliphatic heterocycles. The highest BCUT2D eigenvalue weighted by molar-refractivity contribution is 7.99. The number of nitrogens with one attached hydrogen (secondary N) is 1. The molecule has 25 heavy (non-hydrogen) atoms.